The molecule has 0 radical (unpaired) electrons. The molecule has 1 fully saturated rings. The van der Waals surface area contributed by atoms with Crippen LogP contribution in [0, 0.1) is 17.2 Å². The van der Waals surface area contributed by atoms with E-state index in [1.165, 1.54) is 4.90 Å². The van der Waals surface area contributed by atoms with Gasteiger partial charge in [-0.05, 0) is 12.8 Å². The number of nitrogens with zero attached hydrogens (tertiary/aromatic N) is 2. The second-order valence-corrected chi connectivity index (χ2v) is 2.63. The third kappa shape index (κ3) is 1.47. The third-order valence-electron chi connectivity index (χ3n) is 1.61. The average Bonchev–Trinajstić information content (AvgIpc) is 2.68. The van der Waals surface area contributed by atoms with Gasteiger partial charge in [0.15, 0.2) is 0 Å². The maximum absolute atomic E-state index is 11.1. The minimum absolute atomic E-state index is 0.126. The number of rotatable bonds is 2. The largest absolute Gasteiger partial charge is 0.332 e. The smallest absolute Gasteiger partial charge is 0.226 e. The lowest BCUT2D eigenvalue weighted by Gasteiger charge is -2.11. The number of hydrogen-bond donors (Lipinski definition) is 0. The van der Waals surface area contributed by atoms with Gasteiger partial charge in [-0.3, -0.25) is 4.79 Å². The van der Waals surface area contributed by atoms with E-state index in [1.54, 1.807) is 7.05 Å². The highest BCUT2D eigenvalue weighted by atomic mass is 16.2. The lowest BCUT2D eigenvalue weighted by Crippen LogP contribution is -2.28. The molecule has 3 nitrogen and oxygen atoms in total. The van der Waals surface area contributed by atoms with E-state index < -0.39 is 0 Å². The predicted molar refractivity (Wildman–Crippen MR) is 36.0 cm³/mol. The summed E-state index contributed by atoms with van der Waals surface area (Å²) in [6, 6.07) is 1.94. The monoisotopic (exact) mass is 138 g/mol. The molecule has 10 heavy (non-hydrogen) atoms. The van der Waals surface area contributed by atoms with Gasteiger partial charge in [-0.2, -0.15) is 5.26 Å². The van der Waals surface area contributed by atoms with Gasteiger partial charge in [0.2, 0.25) is 5.91 Å². The number of carbonyl (C=O) groups is 1. The molecule has 3 heteroatoms. The van der Waals surface area contributed by atoms with Gasteiger partial charge in [0.05, 0.1) is 6.07 Å². The average molecular weight is 138 g/mol. The Bertz CT molecular complexity index is 179. The zero-order chi connectivity index (χ0) is 7.56. The van der Waals surface area contributed by atoms with Crippen molar-refractivity contribution in [3.8, 4) is 6.07 Å². The van der Waals surface area contributed by atoms with Crippen LogP contribution in [-0.4, -0.2) is 24.4 Å². The van der Waals surface area contributed by atoms with Crippen molar-refractivity contribution in [2.24, 2.45) is 5.92 Å². The molecule has 0 aromatic rings. The van der Waals surface area contributed by atoms with Crippen LogP contribution >= 0.6 is 0 Å². The van der Waals surface area contributed by atoms with Crippen molar-refractivity contribution >= 4 is 5.91 Å². The molecular weight excluding hydrogens is 128 g/mol. The van der Waals surface area contributed by atoms with Gasteiger partial charge in [-0.15, -0.1) is 0 Å². The SMILES string of the molecule is CN(CC#N)C(=O)C1CC1. The van der Waals surface area contributed by atoms with Crippen LogP contribution in [0.15, 0.2) is 0 Å². The highest BCUT2D eigenvalue weighted by Gasteiger charge is 2.31. The number of nitriles is 1. The van der Waals surface area contributed by atoms with Gasteiger partial charge < -0.3 is 4.90 Å². The first kappa shape index (κ1) is 7.07. The van der Waals surface area contributed by atoms with E-state index in [1.807, 2.05) is 6.07 Å². The van der Waals surface area contributed by atoms with E-state index in [0.29, 0.717) is 0 Å². The normalized spacial score (nSPS) is 16.0. The van der Waals surface area contributed by atoms with Crippen LogP contribution in [-0.2, 0) is 4.79 Å². The minimum atomic E-state index is 0.126. The van der Waals surface area contributed by atoms with E-state index in [4.69, 9.17) is 5.26 Å². The van der Waals surface area contributed by atoms with Crippen molar-refractivity contribution in [1.82, 2.24) is 4.90 Å². The molecule has 54 valence electrons. The Kier molecular flexibility index (Phi) is 1.91. The van der Waals surface area contributed by atoms with Gasteiger partial charge in [-0.25, -0.2) is 0 Å². The fraction of sp³-hybridized carbons (Fsp3) is 0.714. The summed E-state index contributed by atoms with van der Waals surface area (Å²) in [5.41, 5.74) is 0. The fourth-order valence-corrected chi connectivity index (χ4v) is 0.826. The van der Waals surface area contributed by atoms with Crippen molar-refractivity contribution in [3.05, 3.63) is 0 Å². The minimum Gasteiger partial charge on any atom is -0.332 e. The third-order valence-corrected chi connectivity index (χ3v) is 1.61. The molecule has 0 aromatic heterocycles. The summed E-state index contributed by atoms with van der Waals surface area (Å²) < 4.78 is 0. The summed E-state index contributed by atoms with van der Waals surface area (Å²) in [6.45, 7) is 0.218. The molecule has 0 atom stereocenters. The standard InChI is InChI=1S/C7H10N2O/c1-9(5-4-8)7(10)6-2-3-6/h6H,2-3,5H2,1H3. The van der Waals surface area contributed by atoms with Crippen LogP contribution in [0.3, 0.4) is 0 Å². The first-order valence-corrected chi connectivity index (χ1v) is 3.37. The highest BCUT2D eigenvalue weighted by molar-refractivity contribution is 5.80. The molecule has 0 unspecified atom stereocenters. The van der Waals surface area contributed by atoms with E-state index in [-0.39, 0.29) is 18.4 Å². The fourth-order valence-electron chi connectivity index (χ4n) is 0.826. The van der Waals surface area contributed by atoms with Crippen molar-refractivity contribution < 1.29 is 4.79 Å². The molecule has 1 aliphatic carbocycles. The van der Waals surface area contributed by atoms with Gasteiger partial charge in [0, 0.05) is 13.0 Å². The molecule has 0 aliphatic heterocycles. The molecule has 1 aliphatic rings. The number of amides is 1. The van der Waals surface area contributed by atoms with E-state index in [0.717, 1.165) is 12.8 Å². The Labute approximate surface area is 60.2 Å². The molecule has 0 spiro atoms. The Morgan fingerprint density at radius 2 is 2.40 bits per heavy atom. The summed E-state index contributed by atoms with van der Waals surface area (Å²) in [5, 5.41) is 8.24. The molecule has 1 amide bonds. The van der Waals surface area contributed by atoms with Crippen molar-refractivity contribution in [2.45, 2.75) is 12.8 Å². The van der Waals surface area contributed by atoms with E-state index >= 15 is 0 Å². The summed E-state index contributed by atoms with van der Waals surface area (Å²) in [7, 11) is 1.67. The summed E-state index contributed by atoms with van der Waals surface area (Å²) in [5.74, 6) is 0.361. The molecule has 0 heterocycles. The van der Waals surface area contributed by atoms with Crippen LogP contribution in [0.2, 0.25) is 0 Å². The maximum Gasteiger partial charge on any atom is 0.226 e. The Morgan fingerprint density at radius 1 is 1.80 bits per heavy atom. The topological polar surface area (TPSA) is 44.1 Å². The van der Waals surface area contributed by atoms with E-state index in [2.05, 4.69) is 0 Å². The van der Waals surface area contributed by atoms with Crippen LogP contribution in [0.25, 0.3) is 0 Å². The van der Waals surface area contributed by atoms with Gasteiger partial charge in [0.25, 0.3) is 0 Å². The Hall–Kier alpha value is -1.04. The first-order valence-electron chi connectivity index (χ1n) is 3.37. The summed E-state index contributed by atoms with van der Waals surface area (Å²) >= 11 is 0. The second kappa shape index (κ2) is 2.70. The quantitative estimate of drug-likeness (QED) is 0.518. The summed E-state index contributed by atoms with van der Waals surface area (Å²) in [6.07, 6.45) is 2.02. The molecule has 0 bridgehead atoms. The zero-order valence-corrected chi connectivity index (χ0v) is 6.00. The highest BCUT2D eigenvalue weighted by Crippen LogP contribution is 2.30. The van der Waals surface area contributed by atoms with Crippen LogP contribution in [0.5, 0.6) is 0 Å². The van der Waals surface area contributed by atoms with Crippen molar-refractivity contribution in [3.63, 3.8) is 0 Å². The van der Waals surface area contributed by atoms with Gasteiger partial charge in [-0.1, -0.05) is 0 Å². The number of hydrogen-bond acceptors (Lipinski definition) is 2. The Balaban J connectivity index is 2.33. The lowest BCUT2D eigenvalue weighted by molar-refractivity contribution is -0.130. The number of carbonyl (C=O) groups excluding carboxylic acids is 1. The van der Waals surface area contributed by atoms with Crippen LogP contribution in [0.4, 0.5) is 0 Å². The predicted octanol–water partition coefficient (Wildman–Crippen LogP) is 0.378. The van der Waals surface area contributed by atoms with Crippen molar-refractivity contribution in [1.29, 1.82) is 5.26 Å². The zero-order valence-electron chi connectivity index (χ0n) is 6.00. The van der Waals surface area contributed by atoms with E-state index in [9.17, 15) is 4.79 Å². The molecule has 1 saturated carbocycles. The second-order valence-electron chi connectivity index (χ2n) is 2.63. The molecule has 0 N–H and O–H groups in total. The first-order chi connectivity index (χ1) is 4.75. The molecular formula is C7H10N2O. The van der Waals surface area contributed by atoms with Gasteiger partial charge >= 0.3 is 0 Å². The molecule has 0 saturated heterocycles. The van der Waals surface area contributed by atoms with Crippen LogP contribution in [0.1, 0.15) is 12.8 Å². The molecule has 1 rings (SSSR count). The Morgan fingerprint density at radius 3 is 2.80 bits per heavy atom. The summed E-state index contributed by atoms with van der Waals surface area (Å²) in [4.78, 5) is 12.6. The van der Waals surface area contributed by atoms with Gasteiger partial charge in [0.1, 0.15) is 6.54 Å². The maximum atomic E-state index is 11.1. The van der Waals surface area contributed by atoms with Crippen LogP contribution < -0.4 is 0 Å². The molecule has 0 aromatic carbocycles. The lowest BCUT2D eigenvalue weighted by atomic mass is 10.3. The van der Waals surface area contributed by atoms with Crippen molar-refractivity contribution in [2.75, 3.05) is 13.6 Å².